The highest BCUT2D eigenvalue weighted by Gasteiger charge is 2.68. The van der Waals surface area contributed by atoms with Gasteiger partial charge in [0.1, 0.15) is 5.54 Å². The van der Waals surface area contributed by atoms with Crippen molar-refractivity contribution in [1.29, 1.82) is 0 Å². The molecule has 6 heteroatoms. The van der Waals surface area contributed by atoms with Crippen LogP contribution in [0.4, 0.5) is 0 Å². The van der Waals surface area contributed by atoms with Crippen LogP contribution >= 0.6 is 0 Å². The molecule has 1 N–H and O–H groups in total. The average Bonchev–Trinajstić information content (AvgIpc) is 3.38. The molecule has 6 nitrogen and oxygen atoms in total. The second-order valence-corrected chi connectivity index (χ2v) is 10.6. The van der Waals surface area contributed by atoms with E-state index in [1.165, 1.54) is 4.90 Å². The third kappa shape index (κ3) is 3.96. The minimum atomic E-state index is -1.09. The number of piperidine rings is 1. The van der Waals surface area contributed by atoms with E-state index in [4.69, 9.17) is 0 Å². The van der Waals surface area contributed by atoms with Crippen molar-refractivity contribution >= 4 is 17.7 Å². The zero-order valence-electron chi connectivity index (χ0n) is 21.0. The van der Waals surface area contributed by atoms with Gasteiger partial charge in [-0.3, -0.25) is 24.6 Å². The Kier molecular flexibility index (Phi) is 5.92. The van der Waals surface area contributed by atoms with Crippen molar-refractivity contribution in [1.82, 2.24) is 15.1 Å². The van der Waals surface area contributed by atoms with Gasteiger partial charge in [-0.1, -0.05) is 90.5 Å². The summed E-state index contributed by atoms with van der Waals surface area (Å²) in [5.74, 6) is -1.84. The Morgan fingerprint density at radius 1 is 0.811 bits per heavy atom. The number of nitrogens with one attached hydrogen (secondary N) is 1. The molecule has 3 aromatic rings. The van der Waals surface area contributed by atoms with Crippen molar-refractivity contribution in [2.45, 2.75) is 44.4 Å². The first kappa shape index (κ1) is 23.6. The Labute approximate surface area is 217 Å². The molecule has 0 saturated carbocycles. The number of hydrogen-bond donors (Lipinski definition) is 1. The third-order valence-electron chi connectivity index (χ3n) is 8.25. The molecule has 6 rings (SSSR count). The number of fused-ring (bicyclic) bond motifs is 2. The van der Waals surface area contributed by atoms with Gasteiger partial charge >= 0.3 is 0 Å². The first-order valence-corrected chi connectivity index (χ1v) is 13.0. The van der Waals surface area contributed by atoms with E-state index in [9.17, 15) is 14.4 Å². The fourth-order valence-corrected chi connectivity index (χ4v) is 6.46. The highest BCUT2D eigenvalue weighted by molar-refractivity contribution is 6.10. The molecule has 3 amide bonds. The first-order chi connectivity index (χ1) is 18.0. The minimum absolute atomic E-state index is 0.0741. The Morgan fingerprint density at radius 2 is 1.43 bits per heavy atom. The molecular formula is C31H31N3O3. The monoisotopic (exact) mass is 493 g/mol. The molecule has 1 spiro atoms. The van der Waals surface area contributed by atoms with Crippen LogP contribution in [0.2, 0.25) is 0 Å². The molecular weight excluding hydrogens is 462 g/mol. The highest BCUT2D eigenvalue weighted by atomic mass is 16.2. The number of likely N-dealkylation sites (tertiary alicyclic amines) is 2. The highest BCUT2D eigenvalue weighted by Crippen LogP contribution is 2.52. The topological polar surface area (TPSA) is 69.7 Å². The van der Waals surface area contributed by atoms with Gasteiger partial charge < -0.3 is 4.90 Å². The van der Waals surface area contributed by atoms with E-state index in [1.807, 2.05) is 96.8 Å². The molecule has 0 bridgehead atoms. The summed E-state index contributed by atoms with van der Waals surface area (Å²) in [5, 5.41) is 3.60. The van der Waals surface area contributed by atoms with Gasteiger partial charge in [0.15, 0.2) is 0 Å². The minimum Gasteiger partial charge on any atom is -0.337 e. The van der Waals surface area contributed by atoms with Gasteiger partial charge in [-0.2, -0.15) is 0 Å². The van der Waals surface area contributed by atoms with Gasteiger partial charge in [0, 0.05) is 19.1 Å². The summed E-state index contributed by atoms with van der Waals surface area (Å²) < 4.78 is 0. The maximum absolute atomic E-state index is 14.2. The first-order valence-electron chi connectivity index (χ1n) is 13.0. The van der Waals surface area contributed by atoms with Gasteiger partial charge in [0.2, 0.25) is 17.7 Å². The number of aryl methyl sites for hydroxylation is 1. The van der Waals surface area contributed by atoms with Crippen molar-refractivity contribution in [3.8, 4) is 0 Å². The van der Waals surface area contributed by atoms with E-state index >= 15 is 0 Å². The SMILES string of the molecule is Cc1ccc([C@H]2N[C@]3(CCCN(Cc4ccccc4)C3=O)[C@H]3C(=O)N(Cc4ccccc4)C(=O)[C@@H]23)cc1. The average molecular weight is 494 g/mol. The summed E-state index contributed by atoms with van der Waals surface area (Å²) in [6.45, 7) is 3.38. The molecule has 0 unspecified atom stereocenters. The number of carbonyl (C=O) groups is 3. The Morgan fingerprint density at radius 3 is 2.08 bits per heavy atom. The molecule has 0 aliphatic carbocycles. The molecule has 0 aromatic heterocycles. The third-order valence-corrected chi connectivity index (χ3v) is 8.25. The van der Waals surface area contributed by atoms with E-state index in [0.29, 0.717) is 19.5 Å². The number of rotatable bonds is 5. The molecule has 3 heterocycles. The largest absolute Gasteiger partial charge is 0.337 e. The number of imide groups is 1. The van der Waals surface area contributed by atoms with Crippen LogP contribution < -0.4 is 5.32 Å². The number of hydrogen-bond acceptors (Lipinski definition) is 4. The lowest BCUT2D eigenvalue weighted by Gasteiger charge is -2.42. The number of carbonyl (C=O) groups excluding carboxylic acids is 3. The molecule has 3 saturated heterocycles. The summed E-state index contributed by atoms with van der Waals surface area (Å²) >= 11 is 0. The van der Waals surface area contributed by atoms with Crippen molar-refractivity contribution in [2.24, 2.45) is 11.8 Å². The quantitative estimate of drug-likeness (QED) is 0.546. The van der Waals surface area contributed by atoms with Gasteiger partial charge in [0.05, 0.1) is 18.4 Å². The lowest BCUT2D eigenvalue weighted by Crippen LogP contribution is -2.63. The van der Waals surface area contributed by atoms with Crippen LogP contribution in [0.1, 0.15) is 41.1 Å². The van der Waals surface area contributed by atoms with Crippen LogP contribution in [-0.2, 0) is 27.5 Å². The zero-order chi connectivity index (χ0) is 25.6. The summed E-state index contributed by atoms with van der Waals surface area (Å²) in [4.78, 5) is 45.4. The van der Waals surface area contributed by atoms with Crippen LogP contribution in [0.15, 0.2) is 84.9 Å². The number of benzene rings is 3. The zero-order valence-corrected chi connectivity index (χ0v) is 21.0. The number of amides is 3. The van der Waals surface area contributed by atoms with Crippen LogP contribution in [0, 0.1) is 18.8 Å². The van der Waals surface area contributed by atoms with Crippen LogP contribution in [-0.4, -0.2) is 39.6 Å². The molecule has 3 aliphatic heterocycles. The van der Waals surface area contributed by atoms with Crippen molar-refractivity contribution in [3.05, 3.63) is 107 Å². The van der Waals surface area contributed by atoms with Crippen LogP contribution in [0.3, 0.4) is 0 Å². The fraction of sp³-hybridized carbons (Fsp3) is 0.323. The molecule has 3 aliphatic rings. The molecule has 0 radical (unpaired) electrons. The van der Waals surface area contributed by atoms with E-state index < -0.39 is 23.4 Å². The Hall–Kier alpha value is -3.77. The normalized spacial score (nSPS) is 27.3. The second-order valence-electron chi connectivity index (χ2n) is 10.6. The Balaban J connectivity index is 1.39. The van der Waals surface area contributed by atoms with Crippen LogP contribution in [0.5, 0.6) is 0 Å². The van der Waals surface area contributed by atoms with E-state index in [-0.39, 0.29) is 24.3 Å². The van der Waals surface area contributed by atoms with Crippen molar-refractivity contribution < 1.29 is 14.4 Å². The number of nitrogens with zero attached hydrogens (tertiary/aromatic N) is 2. The lowest BCUT2D eigenvalue weighted by molar-refractivity contribution is -0.150. The fourth-order valence-electron chi connectivity index (χ4n) is 6.46. The molecule has 3 fully saturated rings. The molecule has 37 heavy (non-hydrogen) atoms. The Bertz CT molecular complexity index is 1320. The molecule has 3 aromatic carbocycles. The predicted molar refractivity (Wildman–Crippen MR) is 140 cm³/mol. The smallest absolute Gasteiger partial charge is 0.244 e. The summed E-state index contributed by atoms with van der Waals surface area (Å²) in [6.07, 6.45) is 1.31. The maximum Gasteiger partial charge on any atom is 0.244 e. The van der Waals surface area contributed by atoms with Gasteiger partial charge in [-0.05, 0) is 36.5 Å². The predicted octanol–water partition coefficient (Wildman–Crippen LogP) is 4.00. The van der Waals surface area contributed by atoms with Crippen LogP contribution in [0.25, 0.3) is 0 Å². The summed E-state index contributed by atoms with van der Waals surface area (Å²) in [6, 6.07) is 27.2. The van der Waals surface area contributed by atoms with Gasteiger partial charge in [-0.15, -0.1) is 0 Å². The second kappa shape index (κ2) is 9.27. The van der Waals surface area contributed by atoms with E-state index in [1.54, 1.807) is 0 Å². The standard InChI is InChI=1S/C31H31N3O3/c1-21-13-15-24(16-14-21)27-25-26(29(36)34(28(25)35)20-23-11-6-3-7-12-23)31(32-27)17-8-18-33(30(31)37)19-22-9-4-2-5-10-22/h2-7,9-16,25-27,32H,8,17-20H2,1H3/t25-,26-,27-,31-/m1/s1. The van der Waals surface area contributed by atoms with Crippen molar-refractivity contribution in [2.75, 3.05) is 6.54 Å². The molecule has 4 atom stereocenters. The van der Waals surface area contributed by atoms with Gasteiger partial charge in [0.25, 0.3) is 0 Å². The van der Waals surface area contributed by atoms with E-state index in [2.05, 4.69) is 5.32 Å². The maximum atomic E-state index is 14.2. The molecule has 188 valence electrons. The lowest BCUT2D eigenvalue weighted by atomic mass is 9.74. The summed E-state index contributed by atoms with van der Waals surface area (Å²) in [7, 11) is 0. The van der Waals surface area contributed by atoms with Gasteiger partial charge in [-0.25, -0.2) is 0 Å². The summed E-state index contributed by atoms with van der Waals surface area (Å²) in [5.41, 5.74) is 2.92. The van der Waals surface area contributed by atoms with Crippen molar-refractivity contribution in [3.63, 3.8) is 0 Å². The van der Waals surface area contributed by atoms with E-state index in [0.717, 1.165) is 28.7 Å².